The normalized spacial score (nSPS) is 21.0. The fraction of sp³-hybridized carbons (Fsp3) is 0.579. The lowest BCUT2D eigenvalue weighted by Crippen LogP contribution is -2.90. The second-order valence-corrected chi connectivity index (χ2v) is 6.70. The quantitative estimate of drug-likeness (QED) is 0.728. The molecule has 0 spiro atoms. The molecule has 1 aromatic carbocycles. The lowest BCUT2D eigenvalue weighted by molar-refractivity contribution is -0.712. The summed E-state index contributed by atoms with van der Waals surface area (Å²) in [5.74, 6) is 2.23. The molecule has 0 bridgehead atoms. The zero-order valence-electron chi connectivity index (χ0n) is 14.3. The summed E-state index contributed by atoms with van der Waals surface area (Å²) >= 11 is 6.45. The Morgan fingerprint density at radius 1 is 1.26 bits per heavy atom. The molecule has 0 aliphatic heterocycles. The monoisotopic (exact) mass is 338 g/mol. The van der Waals surface area contributed by atoms with Gasteiger partial charge in [0.25, 0.3) is 0 Å². The Morgan fingerprint density at radius 2 is 2.00 bits per heavy atom. The van der Waals surface area contributed by atoms with E-state index in [1.54, 1.807) is 6.08 Å². The van der Waals surface area contributed by atoms with E-state index in [0.29, 0.717) is 25.0 Å². The van der Waals surface area contributed by atoms with E-state index in [-0.39, 0.29) is 0 Å². The van der Waals surface area contributed by atoms with Gasteiger partial charge >= 0.3 is 0 Å². The number of hydrogen-bond acceptors (Lipinski definition) is 2. The van der Waals surface area contributed by atoms with Gasteiger partial charge in [-0.05, 0) is 32.3 Å². The van der Waals surface area contributed by atoms with Crippen LogP contribution in [0.1, 0.15) is 45.1 Å². The minimum absolute atomic E-state index is 0.446. The first kappa shape index (κ1) is 18.2. The molecule has 0 amide bonds. The van der Waals surface area contributed by atoms with Crippen LogP contribution in [-0.4, -0.2) is 19.3 Å². The van der Waals surface area contributed by atoms with Crippen LogP contribution in [0, 0.1) is 5.92 Å². The van der Waals surface area contributed by atoms with E-state index in [9.17, 15) is 0 Å². The van der Waals surface area contributed by atoms with Crippen LogP contribution in [0.25, 0.3) is 0 Å². The van der Waals surface area contributed by atoms with E-state index in [2.05, 4.69) is 18.8 Å². The third-order valence-corrected chi connectivity index (χ3v) is 4.94. The molecule has 1 aromatic rings. The fourth-order valence-electron chi connectivity index (χ4n) is 3.24. The Balaban J connectivity index is 2.08. The molecule has 128 valence electrons. The lowest BCUT2D eigenvalue weighted by atomic mass is 9.86. The van der Waals surface area contributed by atoms with Gasteiger partial charge in [-0.25, -0.2) is 0 Å². The number of benzene rings is 1. The van der Waals surface area contributed by atoms with Crippen molar-refractivity contribution >= 4 is 11.6 Å². The summed E-state index contributed by atoms with van der Waals surface area (Å²) in [6.45, 7) is 9.95. The van der Waals surface area contributed by atoms with Crippen molar-refractivity contribution in [3.63, 3.8) is 0 Å². The molecule has 2 N–H and O–H groups in total. The van der Waals surface area contributed by atoms with E-state index < -0.39 is 0 Å². The van der Waals surface area contributed by atoms with Crippen molar-refractivity contribution in [2.75, 3.05) is 13.2 Å². The van der Waals surface area contributed by atoms with Crippen molar-refractivity contribution in [1.82, 2.24) is 0 Å². The maximum Gasteiger partial charge on any atom is 0.163 e. The van der Waals surface area contributed by atoms with Gasteiger partial charge in [-0.3, -0.25) is 0 Å². The molecular weight excluding hydrogens is 310 g/mol. The molecule has 23 heavy (non-hydrogen) atoms. The third-order valence-electron chi connectivity index (χ3n) is 4.59. The average molecular weight is 339 g/mol. The minimum Gasteiger partial charge on any atom is -0.490 e. The van der Waals surface area contributed by atoms with Crippen molar-refractivity contribution in [3.05, 3.63) is 35.4 Å². The lowest BCUT2D eigenvalue weighted by Gasteiger charge is -2.27. The Labute approximate surface area is 145 Å². The van der Waals surface area contributed by atoms with Crippen molar-refractivity contribution in [2.24, 2.45) is 5.92 Å². The highest BCUT2D eigenvalue weighted by Gasteiger charge is 2.24. The number of nitrogens with two attached hydrogens (primary N) is 1. The summed E-state index contributed by atoms with van der Waals surface area (Å²) in [7, 11) is 0. The van der Waals surface area contributed by atoms with Crippen LogP contribution in [0.4, 0.5) is 0 Å². The Morgan fingerprint density at radius 3 is 2.70 bits per heavy atom. The van der Waals surface area contributed by atoms with Gasteiger partial charge in [0.15, 0.2) is 11.5 Å². The largest absolute Gasteiger partial charge is 0.490 e. The second kappa shape index (κ2) is 9.19. The van der Waals surface area contributed by atoms with E-state index >= 15 is 0 Å². The second-order valence-electron chi connectivity index (χ2n) is 6.29. The molecule has 0 saturated heterocycles. The van der Waals surface area contributed by atoms with Gasteiger partial charge in [-0.2, -0.15) is 0 Å². The molecule has 0 unspecified atom stereocenters. The zero-order valence-corrected chi connectivity index (χ0v) is 15.1. The Hall–Kier alpha value is -1.19. The molecular formula is C19H29ClNO2+. The predicted molar refractivity (Wildman–Crippen MR) is 95.4 cm³/mol. The van der Waals surface area contributed by atoms with Crippen LogP contribution < -0.4 is 14.8 Å². The molecule has 0 radical (unpaired) electrons. The standard InChI is InChI=1S/C19H28ClNO2/c1-4-10-23-19-12-16(20)15(11-18(19)22-5-2)13-21-17-9-7-6-8-14(17)3/h4,11-12,14,17,21H,1,5-10,13H2,2-3H3/p+1/t14-,17+/m0/s1. The maximum atomic E-state index is 6.45. The van der Waals surface area contributed by atoms with Crippen LogP contribution in [0.2, 0.25) is 5.02 Å². The molecule has 0 heterocycles. The smallest absolute Gasteiger partial charge is 0.163 e. The first-order chi connectivity index (χ1) is 11.2. The third kappa shape index (κ3) is 5.15. The van der Waals surface area contributed by atoms with E-state index in [4.69, 9.17) is 21.1 Å². The van der Waals surface area contributed by atoms with Crippen LogP contribution in [0.3, 0.4) is 0 Å². The van der Waals surface area contributed by atoms with Crippen LogP contribution in [0.15, 0.2) is 24.8 Å². The SMILES string of the molecule is C=CCOc1cc(Cl)c(C[NH2+][C@@H]2CCCC[C@@H]2C)cc1OCC. The topological polar surface area (TPSA) is 35.1 Å². The van der Waals surface area contributed by atoms with E-state index in [1.807, 2.05) is 19.1 Å². The Bertz CT molecular complexity index is 518. The van der Waals surface area contributed by atoms with Crippen LogP contribution in [0.5, 0.6) is 11.5 Å². The summed E-state index contributed by atoms with van der Waals surface area (Å²) in [5, 5.41) is 3.18. The zero-order chi connectivity index (χ0) is 16.7. The first-order valence-corrected chi connectivity index (χ1v) is 9.05. The van der Waals surface area contributed by atoms with Gasteiger partial charge in [0.2, 0.25) is 0 Å². The molecule has 2 rings (SSSR count). The molecule has 1 aliphatic rings. The summed E-state index contributed by atoms with van der Waals surface area (Å²) < 4.78 is 11.4. The van der Waals surface area contributed by atoms with Crippen LogP contribution >= 0.6 is 11.6 Å². The molecule has 0 aromatic heterocycles. The highest BCUT2D eigenvalue weighted by atomic mass is 35.5. The number of rotatable bonds is 8. The van der Waals surface area contributed by atoms with Crippen molar-refractivity contribution in [2.45, 2.75) is 52.1 Å². The van der Waals surface area contributed by atoms with Gasteiger partial charge in [-0.15, -0.1) is 0 Å². The number of halogens is 1. The van der Waals surface area contributed by atoms with Gasteiger partial charge in [-0.1, -0.05) is 37.6 Å². The average Bonchev–Trinajstić information content (AvgIpc) is 2.55. The summed E-state index contributed by atoms with van der Waals surface area (Å²) in [6, 6.07) is 4.59. The van der Waals surface area contributed by atoms with Gasteiger partial charge in [0.05, 0.1) is 17.7 Å². The number of hydrogen-bond donors (Lipinski definition) is 1. The molecule has 1 saturated carbocycles. The molecule has 4 heteroatoms. The minimum atomic E-state index is 0.446. The summed E-state index contributed by atoms with van der Waals surface area (Å²) in [4.78, 5) is 0. The van der Waals surface area contributed by atoms with E-state index in [0.717, 1.165) is 28.8 Å². The Kier molecular flexibility index (Phi) is 7.25. The first-order valence-electron chi connectivity index (χ1n) is 8.68. The molecule has 3 nitrogen and oxygen atoms in total. The van der Waals surface area contributed by atoms with E-state index in [1.165, 1.54) is 25.7 Å². The van der Waals surface area contributed by atoms with Gasteiger partial charge < -0.3 is 14.8 Å². The molecule has 2 atom stereocenters. The fourth-order valence-corrected chi connectivity index (χ4v) is 3.47. The van der Waals surface area contributed by atoms with Crippen molar-refractivity contribution < 1.29 is 14.8 Å². The summed E-state index contributed by atoms with van der Waals surface area (Å²) in [6.07, 6.45) is 7.08. The predicted octanol–water partition coefficient (Wildman–Crippen LogP) is 3.95. The van der Waals surface area contributed by atoms with Crippen molar-refractivity contribution in [1.29, 1.82) is 0 Å². The van der Waals surface area contributed by atoms with Gasteiger partial charge in [0, 0.05) is 17.5 Å². The highest BCUT2D eigenvalue weighted by Crippen LogP contribution is 2.33. The maximum absolute atomic E-state index is 6.45. The van der Waals surface area contributed by atoms with Gasteiger partial charge in [0.1, 0.15) is 13.2 Å². The number of ether oxygens (including phenoxy) is 2. The molecule has 1 fully saturated rings. The number of quaternary nitrogens is 1. The van der Waals surface area contributed by atoms with Crippen LogP contribution in [-0.2, 0) is 6.54 Å². The highest BCUT2D eigenvalue weighted by molar-refractivity contribution is 6.31. The summed E-state index contributed by atoms with van der Waals surface area (Å²) in [5.41, 5.74) is 1.11. The van der Waals surface area contributed by atoms with Crippen molar-refractivity contribution in [3.8, 4) is 11.5 Å². The molecule has 1 aliphatic carbocycles.